The lowest BCUT2D eigenvalue weighted by Crippen LogP contribution is -1.94. The van der Waals surface area contributed by atoms with Crippen LogP contribution in [0.3, 0.4) is 0 Å². The van der Waals surface area contributed by atoms with E-state index in [0.717, 1.165) is 26.4 Å². The number of rotatable bonds is 2. The Kier molecular flexibility index (Phi) is 4.34. The van der Waals surface area contributed by atoms with Gasteiger partial charge in [-0.25, -0.2) is 4.39 Å². The van der Waals surface area contributed by atoms with Crippen LogP contribution in [-0.4, -0.2) is 0 Å². The lowest BCUT2D eigenvalue weighted by atomic mass is 10.0. The van der Waals surface area contributed by atoms with Crippen molar-refractivity contribution < 1.29 is 4.39 Å². The Labute approximate surface area is 144 Å². The summed E-state index contributed by atoms with van der Waals surface area (Å²) >= 11 is 13.2. The molecule has 0 aliphatic carbocycles. The van der Waals surface area contributed by atoms with Crippen molar-refractivity contribution in [3.05, 3.63) is 80.5 Å². The van der Waals surface area contributed by atoms with Crippen molar-refractivity contribution in [3.63, 3.8) is 0 Å². The van der Waals surface area contributed by atoms with Gasteiger partial charge in [0.1, 0.15) is 5.82 Å². The average Bonchev–Trinajstić information content (AvgIpc) is 2.49. The first-order valence-electron chi connectivity index (χ1n) is 6.33. The van der Waals surface area contributed by atoms with Crippen molar-refractivity contribution in [1.82, 2.24) is 0 Å². The van der Waals surface area contributed by atoms with Gasteiger partial charge in [0.15, 0.2) is 0 Å². The Balaban J connectivity index is 2.02. The van der Waals surface area contributed by atoms with Crippen LogP contribution < -0.4 is 0 Å². The van der Waals surface area contributed by atoms with E-state index in [9.17, 15) is 4.39 Å². The van der Waals surface area contributed by atoms with Gasteiger partial charge in [0.25, 0.3) is 0 Å². The molecular formula is C17H10Br2ClF. The van der Waals surface area contributed by atoms with Crippen LogP contribution in [0.4, 0.5) is 4.39 Å². The van der Waals surface area contributed by atoms with Gasteiger partial charge in [0.05, 0.1) is 9.85 Å². The first-order chi connectivity index (χ1) is 10.0. The fraction of sp³-hybridized carbons (Fsp3) is 0.0588. The third-order valence-electron chi connectivity index (χ3n) is 3.36. The van der Waals surface area contributed by atoms with Crippen LogP contribution >= 0.6 is 43.5 Å². The standard InChI is InChI=1S/C17H10Br2ClF/c18-14-5-3-10-7-12(2-1-11(10)8-14)17(20)13-4-6-16(21)15(19)9-13/h1-9,17H. The van der Waals surface area contributed by atoms with Gasteiger partial charge in [-0.1, -0.05) is 40.2 Å². The van der Waals surface area contributed by atoms with Crippen molar-refractivity contribution in [3.8, 4) is 0 Å². The largest absolute Gasteiger partial charge is 0.206 e. The number of fused-ring (bicyclic) bond motifs is 1. The van der Waals surface area contributed by atoms with Crippen molar-refractivity contribution in [1.29, 1.82) is 0 Å². The first kappa shape index (κ1) is 15.0. The summed E-state index contributed by atoms with van der Waals surface area (Å²) in [5.74, 6) is -0.286. The molecule has 0 radical (unpaired) electrons. The summed E-state index contributed by atoms with van der Waals surface area (Å²) in [7, 11) is 0. The smallest absolute Gasteiger partial charge is 0.137 e. The van der Waals surface area contributed by atoms with Crippen LogP contribution in [0.15, 0.2) is 63.5 Å². The molecule has 0 aromatic heterocycles. The zero-order chi connectivity index (χ0) is 15.0. The zero-order valence-electron chi connectivity index (χ0n) is 10.8. The maximum absolute atomic E-state index is 13.3. The van der Waals surface area contributed by atoms with E-state index < -0.39 is 0 Å². The topological polar surface area (TPSA) is 0 Å². The molecule has 0 bridgehead atoms. The van der Waals surface area contributed by atoms with Crippen LogP contribution in [0, 0.1) is 5.82 Å². The number of hydrogen-bond donors (Lipinski definition) is 0. The Bertz CT molecular complexity index is 817. The average molecular weight is 429 g/mol. The summed E-state index contributed by atoms with van der Waals surface area (Å²) in [6, 6.07) is 17.1. The fourth-order valence-corrected chi connectivity index (χ4v) is 3.30. The fourth-order valence-electron chi connectivity index (χ4n) is 2.26. The molecule has 3 rings (SSSR count). The molecule has 0 aliphatic rings. The Hall–Kier alpha value is -0.900. The summed E-state index contributed by atoms with van der Waals surface area (Å²) in [5.41, 5.74) is 1.85. The predicted octanol–water partition coefficient (Wildman–Crippen LogP) is 6.83. The maximum atomic E-state index is 13.3. The zero-order valence-corrected chi connectivity index (χ0v) is 14.7. The second-order valence-corrected chi connectivity index (χ2v) is 6.99. The van der Waals surface area contributed by atoms with E-state index in [0.29, 0.717) is 4.47 Å². The van der Waals surface area contributed by atoms with Crippen molar-refractivity contribution in [2.75, 3.05) is 0 Å². The monoisotopic (exact) mass is 426 g/mol. The summed E-state index contributed by atoms with van der Waals surface area (Å²) in [4.78, 5) is 0. The molecule has 0 saturated carbocycles. The minimum atomic E-state index is -0.310. The van der Waals surface area contributed by atoms with Gasteiger partial charge >= 0.3 is 0 Å². The van der Waals surface area contributed by atoms with E-state index in [1.165, 1.54) is 6.07 Å². The molecule has 0 amide bonds. The Morgan fingerprint density at radius 3 is 2.19 bits per heavy atom. The van der Waals surface area contributed by atoms with Crippen molar-refractivity contribution in [2.24, 2.45) is 0 Å². The second-order valence-electron chi connectivity index (χ2n) is 4.79. The quantitative estimate of drug-likeness (QED) is 0.392. The van der Waals surface area contributed by atoms with Crippen LogP contribution in [0.25, 0.3) is 10.8 Å². The molecule has 4 heteroatoms. The normalized spacial score (nSPS) is 12.6. The number of alkyl halides is 1. The van der Waals surface area contributed by atoms with Crippen LogP contribution in [-0.2, 0) is 0 Å². The summed E-state index contributed by atoms with van der Waals surface area (Å²) < 4.78 is 14.8. The van der Waals surface area contributed by atoms with Gasteiger partial charge in [0.2, 0.25) is 0 Å². The van der Waals surface area contributed by atoms with Crippen LogP contribution in [0.2, 0.25) is 0 Å². The predicted molar refractivity (Wildman–Crippen MR) is 93.4 cm³/mol. The third kappa shape index (κ3) is 3.15. The second kappa shape index (κ2) is 6.07. The molecular weight excluding hydrogens is 418 g/mol. The molecule has 106 valence electrons. The number of benzene rings is 3. The molecule has 0 spiro atoms. The maximum Gasteiger partial charge on any atom is 0.137 e. The Morgan fingerprint density at radius 1 is 0.810 bits per heavy atom. The van der Waals surface area contributed by atoms with E-state index in [1.54, 1.807) is 12.1 Å². The van der Waals surface area contributed by atoms with Crippen LogP contribution in [0.5, 0.6) is 0 Å². The van der Waals surface area contributed by atoms with E-state index in [4.69, 9.17) is 11.6 Å². The van der Waals surface area contributed by atoms with Gasteiger partial charge in [-0.15, -0.1) is 11.6 Å². The molecule has 0 nitrogen and oxygen atoms in total. The number of hydrogen-bond acceptors (Lipinski definition) is 0. The highest BCUT2D eigenvalue weighted by atomic mass is 79.9. The lowest BCUT2D eigenvalue weighted by Gasteiger charge is -2.12. The molecule has 0 fully saturated rings. The van der Waals surface area contributed by atoms with Gasteiger partial charge in [0, 0.05) is 4.47 Å². The molecule has 0 aliphatic heterocycles. The van der Waals surface area contributed by atoms with E-state index in [1.807, 2.05) is 24.3 Å². The highest BCUT2D eigenvalue weighted by Crippen LogP contribution is 2.33. The van der Waals surface area contributed by atoms with Gasteiger partial charge in [-0.3, -0.25) is 0 Å². The van der Waals surface area contributed by atoms with Crippen molar-refractivity contribution in [2.45, 2.75) is 5.38 Å². The summed E-state index contributed by atoms with van der Waals surface area (Å²) in [6.07, 6.45) is 0. The highest BCUT2D eigenvalue weighted by molar-refractivity contribution is 9.10. The SMILES string of the molecule is Fc1ccc(C(Cl)c2ccc3cc(Br)ccc3c2)cc1Br. The van der Waals surface area contributed by atoms with E-state index in [2.05, 4.69) is 44.0 Å². The molecule has 0 N–H and O–H groups in total. The van der Waals surface area contributed by atoms with E-state index in [-0.39, 0.29) is 11.2 Å². The van der Waals surface area contributed by atoms with Gasteiger partial charge < -0.3 is 0 Å². The lowest BCUT2D eigenvalue weighted by molar-refractivity contribution is 0.620. The van der Waals surface area contributed by atoms with Gasteiger partial charge in [-0.2, -0.15) is 0 Å². The first-order valence-corrected chi connectivity index (χ1v) is 8.35. The number of halogens is 4. The van der Waals surface area contributed by atoms with Crippen LogP contribution in [0.1, 0.15) is 16.5 Å². The molecule has 1 unspecified atom stereocenters. The summed E-state index contributed by atoms with van der Waals surface area (Å²) in [6.45, 7) is 0. The molecule has 3 aromatic carbocycles. The van der Waals surface area contributed by atoms with E-state index >= 15 is 0 Å². The molecule has 0 heterocycles. The highest BCUT2D eigenvalue weighted by Gasteiger charge is 2.13. The van der Waals surface area contributed by atoms with Gasteiger partial charge in [-0.05, 0) is 68.2 Å². The minimum Gasteiger partial charge on any atom is -0.206 e. The molecule has 21 heavy (non-hydrogen) atoms. The molecule has 3 aromatic rings. The van der Waals surface area contributed by atoms with Crippen molar-refractivity contribution >= 4 is 54.2 Å². The summed E-state index contributed by atoms with van der Waals surface area (Å²) in [5, 5.41) is 1.97. The molecule has 1 atom stereocenters. The third-order valence-corrected chi connectivity index (χ3v) is 4.96. The minimum absolute atomic E-state index is 0.286. The Morgan fingerprint density at radius 2 is 1.43 bits per heavy atom. The molecule has 0 saturated heterocycles.